The van der Waals surface area contributed by atoms with Crippen LogP contribution in [0.25, 0.3) is 0 Å². The lowest BCUT2D eigenvalue weighted by Crippen LogP contribution is -2.49. The number of sulfonamides is 1. The van der Waals surface area contributed by atoms with Crippen molar-refractivity contribution in [1.29, 1.82) is 0 Å². The number of benzene rings is 1. The first kappa shape index (κ1) is 25.2. The molecule has 36 heavy (non-hydrogen) atoms. The Hall–Kier alpha value is -2.50. The molecule has 3 aliphatic rings. The summed E-state index contributed by atoms with van der Waals surface area (Å²) in [6, 6.07) is 11.2. The predicted octanol–water partition coefficient (Wildman–Crippen LogP) is 3.95. The van der Waals surface area contributed by atoms with Crippen LogP contribution in [-0.4, -0.2) is 42.3 Å². The van der Waals surface area contributed by atoms with Crippen molar-refractivity contribution in [3.05, 3.63) is 65.0 Å². The van der Waals surface area contributed by atoms with E-state index in [-0.39, 0.29) is 27.6 Å². The van der Waals surface area contributed by atoms with E-state index in [4.69, 9.17) is 0 Å². The number of pyridine rings is 1. The Labute approximate surface area is 208 Å². The van der Waals surface area contributed by atoms with Crippen LogP contribution in [0.2, 0.25) is 0 Å². The summed E-state index contributed by atoms with van der Waals surface area (Å²) in [4.78, 5) is 20.6. The smallest absolute Gasteiger partial charge is 0.345 e. The van der Waals surface area contributed by atoms with Crippen LogP contribution in [0.4, 0.5) is 13.2 Å². The van der Waals surface area contributed by atoms with E-state index in [2.05, 4.69) is 15.1 Å². The average molecular weight is 524 g/mol. The van der Waals surface area contributed by atoms with Gasteiger partial charge >= 0.3 is 12.1 Å². The third-order valence-electron chi connectivity index (χ3n) is 7.42. The van der Waals surface area contributed by atoms with E-state index in [1.807, 2.05) is 30.3 Å². The topological polar surface area (TPSA) is 88.6 Å². The first-order valence-corrected chi connectivity index (χ1v) is 13.8. The minimum atomic E-state index is -5.31. The lowest BCUT2D eigenvalue weighted by Gasteiger charge is -2.49. The number of carbonyl (C=O) groups excluding carboxylic acids is 1. The molecule has 2 aliphatic carbocycles. The highest BCUT2D eigenvalue weighted by molar-refractivity contribution is 7.88. The first-order chi connectivity index (χ1) is 17.1. The number of hydrogen-bond donors (Lipinski definition) is 1. The number of hydroxylamine groups is 1. The molecule has 2 saturated carbocycles. The fraction of sp³-hybridized carbons (Fsp3) is 0.520. The Morgan fingerprint density at radius 2 is 1.97 bits per heavy atom. The van der Waals surface area contributed by atoms with Crippen LogP contribution in [0.3, 0.4) is 0 Å². The molecule has 0 radical (unpaired) electrons. The van der Waals surface area contributed by atoms with E-state index in [1.165, 1.54) is 0 Å². The van der Waals surface area contributed by atoms with Crippen molar-refractivity contribution in [3.63, 3.8) is 0 Å². The molecule has 11 heteroatoms. The van der Waals surface area contributed by atoms with Gasteiger partial charge in [-0.2, -0.15) is 13.2 Å². The molecule has 1 aromatic carbocycles. The number of halogens is 3. The summed E-state index contributed by atoms with van der Waals surface area (Å²) in [7, 11) is -4.25. The molecule has 1 atom stereocenters. The Kier molecular flexibility index (Phi) is 6.59. The SMILES string of the molecule is O=C(ON(Cc1ccc2c(c1)C(C1(c3ccccn3)CCC1)NCC2)S(=O)(=O)CC1CC1)C(F)(F)F. The first-order valence-electron chi connectivity index (χ1n) is 12.1. The summed E-state index contributed by atoms with van der Waals surface area (Å²) in [6.07, 6.45) is 1.54. The maximum atomic E-state index is 12.9. The quantitative estimate of drug-likeness (QED) is 0.527. The summed E-state index contributed by atoms with van der Waals surface area (Å²) < 4.78 is 64.7. The highest BCUT2D eigenvalue weighted by atomic mass is 32.2. The third-order valence-corrected chi connectivity index (χ3v) is 9.14. The van der Waals surface area contributed by atoms with Crippen molar-refractivity contribution in [2.75, 3.05) is 12.3 Å². The number of aromatic nitrogens is 1. The van der Waals surface area contributed by atoms with Crippen molar-refractivity contribution in [2.45, 2.75) is 62.7 Å². The molecule has 1 aromatic heterocycles. The fourth-order valence-corrected chi connectivity index (χ4v) is 6.87. The van der Waals surface area contributed by atoms with Gasteiger partial charge in [0.25, 0.3) is 0 Å². The number of fused-ring (bicyclic) bond motifs is 1. The van der Waals surface area contributed by atoms with Gasteiger partial charge in [-0.25, -0.2) is 13.2 Å². The summed E-state index contributed by atoms with van der Waals surface area (Å²) in [6.45, 7) is 0.282. The lowest BCUT2D eigenvalue weighted by molar-refractivity contribution is -0.223. The van der Waals surface area contributed by atoms with Crippen molar-refractivity contribution < 1.29 is 31.2 Å². The van der Waals surface area contributed by atoms with Gasteiger partial charge in [-0.3, -0.25) is 4.98 Å². The molecule has 2 heterocycles. The van der Waals surface area contributed by atoms with Gasteiger partial charge in [0.15, 0.2) is 0 Å². The molecule has 1 unspecified atom stereocenters. The highest BCUT2D eigenvalue weighted by Crippen LogP contribution is 2.52. The molecule has 2 aromatic rings. The van der Waals surface area contributed by atoms with Gasteiger partial charge in [-0.1, -0.05) is 30.7 Å². The van der Waals surface area contributed by atoms with Crippen LogP contribution in [0, 0.1) is 5.92 Å². The predicted molar refractivity (Wildman–Crippen MR) is 125 cm³/mol. The third kappa shape index (κ3) is 5.01. The molecule has 194 valence electrons. The van der Waals surface area contributed by atoms with Crippen LogP contribution in [-0.2, 0) is 38.0 Å². The molecule has 1 N–H and O–H groups in total. The van der Waals surface area contributed by atoms with Gasteiger partial charge in [0.2, 0.25) is 10.0 Å². The maximum Gasteiger partial charge on any atom is 0.492 e. The molecule has 7 nitrogen and oxygen atoms in total. The molecule has 1 aliphatic heterocycles. The van der Waals surface area contributed by atoms with Crippen LogP contribution in [0.15, 0.2) is 42.6 Å². The standard InChI is InChI=1S/C25H28F3N3O4S/c26-25(27,28)23(32)35-31(36(33,34)16-17-5-6-17)15-18-7-8-19-9-13-30-22(20(19)14-18)24(10-3-11-24)21-4-1-2-12-29-21/h1-2,4,7-8,12,14,17,22,30H,3,5-6,9-11,13,15-16H2. The maximum absolute atomic E-state index is 12.9. The van der Waals surface area contributed by atoms with Crippen molar-refractivity contribution in [1.82, 2.24) is 14.8 Å². The fourth-order valence-electron chi connectivity index (χ4n) is 5.25. The Bertz CT molecular complexity index is 1230. The zero-order chi connectivity index (χ0) is 25.6. The number of carbonyl (C=O) groups is 1. The van der Waals surface area contributed by atoms with Gasteiger partial charge in [-0.15, -0.1) is 0 Å². The number of rotatable bonds is 8. The zero-order valence-corrected chi connectivity index (χ0v) is 20.4. The molecule has 2 fully saturated rings. The summed E-state index contributed by atoms with van der Waals surface area (Å²) in [5, 5.41) is 3.61. The van der Waals surface area contributed by atoms with Crippen LogP contribution < -0.4 is 5.32 Å². The second kappa shape index (κ2) is 9.42. The summed E-state index contributed by atoms with van der Waals surface area (Å²) in [5.41, 5.74) is 3.30. The minimum Gasteiger partial charge on any atom is -0.345 e. The zero-order valence-electron chi connectivity index (χ0n) is 19.6. The van der Waals surface area contributed by atoms with E-state index >= 15 is 0 Å². The summed E-state index contributed by atoms with van der Waals surface area (Å²) >= 11 is 0. The molecule has 0 saturated heterocycles. The van der Waals surface area contributed by atoms with E-state index in [0.29, 0.717) is 18.4 Å². The van der Waals surface area contributed by atoms with E-state index in [9.17, 15) is 26.4 Å². The van der Waals surface area contributed by atoms with Crippen molar-refractivity contribution >= 4 is 16.0 Å². The molecular weight excluding hydrogens is 495 g/mol. The van der Waals surface area contributed by atoms with E-state index in [0.717, 1.165) is 49.0 Å². The molecule has 0 amide bonds. The van der Waals surface area contributed by atoms with Gasteiger partial charge < -0.3 is 10.2 Å². The van der Waals surface area contributed by atoms with Gasteiger partial charge in [0.1, 0.15) is 0 Å². The summed E-state index contributed by atoms with van der Waals surface area (Å²) in [5.74, 6) is -3.03. The lowest BCUT2D eigenvalue weighted by atomic mass is 9.59. The normalized spacial score (nSPS) is 21.5. The van der Waals surface area contributed by atoms with Crippen LogP contribution in [0.1, 0.15) is 60.5 Å². The van der Waals surface area contributed by atoms with E-state index < -0.39 is 28.7 Å². The van der Waals surface area contributed by atoms with Crippen molar-refractivity contribution in [2.24, 2.45) is 5.92 Å². The van der Waals surface area contributed by atoms with Gasteiger partial charge in [-0.05, 0) is 77.9 Å². The minimum absolute atomic E-state index is 0.0703. The van der Waals surface area contributed by atoms with Crippen LogP contribution >= 0.6 is 0 Å². The number of nitrogens with zero attached hydrogens (tertiary/aromatic N) is 2. The molecule has 0 bridgehead atoms. The Balaban J connectivity index is 1.46. The van der Waals surface area contributed by atoms with Gasteiger partial charge in [0, 0.05) is 23.3 Å². The van der Waals surface area contributed by atoms with E-state index in [1.54, 1.807) is 12.3 Å². The largest absolute Gasteiger partial charge is 0.492 e. The second-order valence-corrected chi connectivity index (χ2v) is 11.9. The molecule has 0 spiro atoms. The number of hydrogen-bond acceptors (Lipinski definition) is 6. The molecule has 5 rings (SSSR count). The highest BCUT2D eigenvalue weighted by Gasteiger charge is 2.49. The second-order valence-electron chi connectivity index (χ2n) is 9.95. The molecular formula is C25H28F3N3O4S. The van der Waals surface area contributed by atoms with Crippen molar-refractivity contribution in [3.8, 4) is 0 Å². The number of alkyl halides is 3. The average Bonchev–Trinajstić information content (AvgIpc) is 3.61. The van der Waals surface area contributed by atoms with Crippen LogP contribution in [0.5, 0.6) is 0 Å². The Morgan fingerprint density at radius 1 is 1.19 bits per heavy atom. The monoisotopic (exact) mass is 523 g/mol. The van der Waals surface area contributed by atoms with Gasteiger partial charge in [0.05, 0.1) is 12.3 Å². The Morgan fingerprint density at radius 3 is 2.58 bits per heavy atom. The number of nitrogens with one attached hydrogen (secondary N) is 1.